The monoisotopic (exact) mass is 331 g/mol. The summed E-state index contributed by atoms with van der Waals surface area (Å²) in [6.45, 7) is 7.29. The van der Waals surface area contributed by atoms with Gasteiger partial charge in [0.05, 0.1) is 11.2 Å². The van der Waals surface area contributed by atoms with E-state index in [-0.39, 0.29) is 0 Å². The van der Waals surface area contributed by atoms with Crippen molar-refractivity contribution in [3.63, 3.8) is 0 Å². The summed E-state index contributed by atoms with van der Waals surface area (Å²) in [7, 11) is 1.73. The van der Waals surface area contributed by atoms with Gasteiger partial charge in [-0.15, -0.1) is 0 Å². The summed E-state index contributed by atoms with van der Waals surface area (Å²) in [6, 6.07) is 23.1. The molecule has 3 aromatic rings. The molecule has 0 amide bonds. The Balaban J connectivity index is 1.86. The van der Waals surface area contributed by atoms with Crippen molar-refractivity contribution in [2.24, 2.45) is 0 Å². The first kappa shape index (κ1) is 17.7. The second kappa shape index (κ2) is 6.66. The van der Waals surface area contributed by atoms with Crippen molar-refractivity contribution >= 4 is 23.7 Å². The first-order chi connectivity index (χ1) is 11.8. The van der Waals surface area contributed by atoms with Crippen LogP contribution in [0.1, 0.15) is 27.7 Å². The van der Waals surface area contributed by atoms with Crippen LogP contribution < -0.4 is 5.46 Å². The summed E-state index contributed by atoms with van der Waals surface area (Å²) in [5.74, 6) is 0. The molecule has 0 aromatic heterocycles. The van der Waals surface area contributed by atoms with Gasteiger partial charge in [-0.1, -0.05) is 66.1 Å². The van der Waals surface area contributed by atoms with Gasteiger partial charge in [0, 0.05) is 0 Å². The van der Waals surface area contributed by atoms with E-state index in [9.17, 15) is 5.11 Å². The highest BCUT2D eigenvalue weighted by atomic mass is 16.5. The van der Waals surface area contributed by atoms with Gasteiger partial charge >= 0.3 is 7.48 Å². The fourth-order valence-corrected chi connectivity index (χ4v) is 2.51. The third-order valence-electron chi connectivity index (χ3n) is 4.93. The molecule has 0 spiro atoms. The lowest BCUT2D eigenvalue weighted by Crippen LogP contribution is -2.49. The number of fused-ring (bicyclic) bond motifs is 1. The van der Waals surface area contributed by atoms with Gasteiger partial charge in [0.15, 0.2) is 0 Å². The summed E-state index contributed by atoms with van der Waals surface area (Å²) in [4.78, 5) is 0. The zero-order valence-electron chi connectivity index (χ0n) is 15.3. The molecular weight excluding hydrogens is 307 g/mol. The van der Waals surface area contributed by atoms with E-state index in [1.165, 1.54) is 21.9 Å². The van der Waals surface area contributed by atoms with Crippen molar-refractivity contribution in [1.82, 2.24) is 0 Å². The number of benzene rings is 3. The van der Waals surface area contributed by atoms with Crippen LogP contribution in [0, 0.1) is 0 Å². The first-order valence-electron chi connectivity index (χ1n) is 8.59. The quantitative estimate of drug-likeness (QED) is 0.706. The maximum absolute atomic E-state index is 10.2. The topological polar surface area (TPSA) is 29.5 Å². The van der Waals surface area contributed by atoms with E-state index in [4.69, 9.17) is 4.65 Å². The Kier molecular flexibility index (Phi) is 4.72. The van der Waals surface area contributed by atoms with Crippen molar-refractivity contribution in [1.29, 1.82) is 0 Å². The molecule has 0 aliphatic heterocycles. The molecule has 1 N–H and O–H groups in total. The zero-order valence-corrected chi connectivity index (χ0v) is 15.3. The third-order valence-corrected chi connectivity index (χ3v) is 4.93. The molecular formula is C22H24BO2. The molecule has 3 aromatic carbocycles. The minimum atomic E-state index is -0.930. The smallest absolute Gasteiger partial charge is 0.330 e. The van der Waals surface area contributed by atoms with E-state index < -0.39 is 11.2 Å². The van der Waals surface area contributed by atoms with Crippen LogP contribution in [0.3, 0.4) is 0 Å². The second-order valence-electron chi connectivity index (χ2n) is 7.49. The Bertz CT molecular complexity index is 864. The highest BCUT2D eigenvalue weighted by molar-refractivity contribution is 6.47. The van der Waals surface area contributed by atoms with Crippen LogP contribution in [-0.2, 0) is 4.65 Å². The number of hydrogen-bond acceptors (Lipinski definition) is 2. The Morgan fingerprint density at radius 2 is 1.44 bits per heavy atom. The summed E-state index contributed by atoms with van der Waals surface area (Å²) in [5.41, 5.74) is 1.78. The Morgan fingerprint density at radius 1 is 0.760 bits per heavy atom. The fourth-order valence-electron chi connectivity index (χ4n) is 2.51. The number of aliphatic hydroxyl groups is 1. The Hall–Kier alpha value is -2.10. The molecule has 0 atom stereocenters. The van der Waals surface area contributed by atoms with Crippen LogP contribution >= 0.6 is 0 Å². The molecule has 3 rings (SSSR count). The van der Waals surface area contributed by atoms with Gasteiger partial charge in [-0.3, -0.25) is 0 Å². The predicted molar refractivity (Wildman–Crippen MR) is 106 cm³/mol. The van der Waals surface area contributed by atoms with E-state index >= 15 is 0 Å². The van der Waals surface area contributed by atoms with Crippen molar-refractivity contribution in [2.45, 2.75) is 38.9 Å². The minimum absolute atomic E-state index is 0.673. The summed E-state index contributed by atoms with van der Waals surface area (Å²) in [5, 5.41) is 12.6. The second-order valence-corrected chi connectivity index (χ2v) is 7.49. The molecule has 0 saturated carbocycles. The summed E-state index contributed by atoms with van der Waals surface area (Å²) < 4.78 is 5.87. The van der Waals surface area contributed by atoms with Gasteiger partial charge in [-0.05, 0) is 55.7 Å². The maximum atomic E-state index is 10.2. The van der Waals surface area contributed by atoms with E-state index in [1.54, 1.807) is 21.3 Å². The van der Waals surface area contributed by atoms with Crippen molar-refractivity contribution < 1.29 is 9.76 Å². The first-order valence-corrected chi connectivity index (χ1v) is 8.59. The minimum Gasteiger partial charge on any atom is -0.427 e. The molecule has 0 fully saturated rings. The molecule has 3 heteroatoms. The molecule has 127 valence electrons. The molecule has 0 heterocycles. The lowest BCUT2D eigenvalue weighted by molar-refractivity contribution is -0.0893. The van der Waals surface area contributed by atoms with Crippen LogP contribution in [0.5, 0.6) is 0 Å². The molecule has 25 heavy (non-hydrogen) atoms. The van der Waals surface area contributed by atoms with Gasteiger partial charge in [0.1, 0.15) is 0 Å². The largest absolute Gasteiger partial charge is 0.427 e. The van der Waals surface area contributed by atoms with Gasteiger partial charge in [0.2, 0.25) is 0 Å². The molecule has 0 aliphatic rings. The molecule has 0 bridgehead atoms. The van der Waals surface area contributed by atoms with Gasteiger partial charge in [-0.25, -0.2) is 0 Å². The van der Waals surface area contributed by atoms with Gasteiger partial charge in [0.25, 0.3) is 0 Å². The van der Waals surface area contributed by atoms with Gasteiger partial charge < -0.3 is 9.76 Å². The number of rotatable bonds is 5. The lowest BCUT2D eigenvalue weighted by Gasteiger charge is -2.37. The number of hydrogen-bond donors (Lipinski definition) is 1. The standard InChI is InChI=1S/C22H24BO2/c1-21(2,24)22(3,4)25-23-20-13-12-17-10-11-18(14-19(17)15-20)16-8-6-5-7-9-16/h5-15,24H,1-4H3. The highest BCUT2D eigenvalue weighted by Crippen LogP contribution is 2.25. The fraction of sp³-hybridized carbons (Fsp3) is 0.273. The lowest BCUT2D eigenvalue weighted by atomic mass is 9.82. The van der Waals surface area contributed by atoms with E-state index in [2.05, 4.69) is 54.6 Å². The summed E-state index contributed by atoms with van der Waals surface area (Å²) >= 11 is 0. The van der Waals surface area contributed by atoms with Crippen molar-refractivity contribution in [3.05, 3.63) is 66.7 Å². The molecule has 0 aliphatic carbocycles. The average Bonchev–Trinajstić information content (AvgIpc) is 2.59. The van der Waals surface area contributed by atoms with Crippen LogP contribution in [-0.4, -0.2) is 23.8 Å². The van der Waals surface area contributed by atoms with Gasteiger partial charge in [-0.2, -0.15) is 0 Å². The van der Waals surface area contributed by atoms with Crippen LogP contribution in [0.15, 0.2) is 66.7 Å². The highest BCUT2D eigenvalue weighted by Gasteiger charge is 2.35. The maximum Gasteiger partial charge on any atom is 0.330 e. The average molecular weight is 331 g/mol. The van der Waals surface area contributed by atoms with Crippen LogP contribution in [0.25, 0.3) is 21.9 Å². The van der Waals surface area contributed by atoms with Crippen molar-refractivity contribution in [2.75, 3.05) is 0 Å². The molecule has 2 nitrogen and oxygen atoms in total. The Labute approximate surface area is 150 Å². The molecule has 0 saturated heterocycles. The SMILES string of the molecule is CC(C)(O)C(C)(C)O[B]c1ccc2ccc(-c3ccccc3)cc2c1. The van der Waals surface area contributed by atoms with Crippen LogP contribution in [0.4, 0.5) is 0 Å². The predicted octanol–water partition coefficient (Wildman–Crippen LogP) is 4.32. The normalized spacial score (nSPS) is 12.4. The molecule has 1 radical (unpaired) electrons. The molecule has 0 unspecified atom stereocenters. The zero-order chi connectivity index (χ0) is 18.1. The Morgan fingerprint density at radius 3 is 2.12 bits per heavy atom. The van der Waals surface area contributed by atoms with E-state index in [0.29, 0.717) is 0 Å². The third kappa shape index (κ3) is 3.94. The van der Waals surface area contributed by atoms with E-state index in [0.717, 1.165) is 5.46 Å². The van der Waals surface area contributed by atoms with E-state index in [1.807, 2.05) is 26.0 Å². The van der Waals surface area contributed by atoms with Crippen molar-refractivity contribution in [3.8, 4) is 11.1 Å². The summed E-state index contributed by atoms with van der Waals surface area (Å²) in [6.07, 6.45) is 0. The van der Waals surface area contributed by atoms with Crippen LogP contribution in [0.2, 0.25) is 0 Å².